The molecule has 1 rings (SSSR count). The molecule has 1 aromatic rings. The van der Waals surface area contributed by atoms with E-state index in [4.69, 9.17) is 4.74 Å². The summed E-state index contributed by atoms with van der Waals surface area (Å²) in [6, 6.07) is 0. The molecule has 4 heteroatoms. The fourth-order valence-corrected chi connectivity index (χ4v) is 2.11. The monoisotopic (exact) mass is 242 g/mol. The molecule has 1 aromatic heterocycles. The highest BCUT2D eigenvalue weighted by molar-refractivity contribution is 7.09. The van der Waals surface area contributed by atoms with Gasteiger partial charge in [0.05, 0.1) is 10.7 Å². The topological polar surface area (TPSA) is 34.1 Å². The van der Waals surface area contributed by atoms with Crippen LogP contribution in [0.2, 0.25) is 0 Å². The van der Waals surface area contributed by atoms with Crippen LogP contribution in [0.25, 0.3) is 0 Å². The molecule has 0 fully saturated rings. The third-order valence-electron chi connectivity index (χ3n) is 2.14. The molecule has 92 valence electrons. The molecule has 0 aliphatic carbocycles. The molecule has 0 aromatic carbocycles. The van der Waals surface area contributed by atoms with Crippen LogP contribution in [0.4, 0.5) is 0 Å². The Kier molecular flexibility index (Phi) is 5.38. The van der Waals surface area contributed by atoms with E-state index in [2.05, 4.69) is 36.5 Å². The molecular formula is C12H22N2OS. The van der Waals surface area contributed by atoms with Gasteiger partial charge in [0.15, 0.2) is 0 Å². The SMILES string of the molecule is COCCCc1nc(CNC(C)(C)C)cs1. The summed E-state index contributed by atoms with van der Waals surface area (Å²) in [6.45, 7) is 8.16. The van der Waals surface area contributed by atoms with Crippen molar-refractivity contribution in [3.8, 4) is 0 Å². The van der Waals surface area contributed by atoms with Crippen molar-refractivity contribution >= 4 is 11.3 Å². The van der Waals surface area contributed by atoms with Crippen molar-refractivity contribution in [1.82, 2.24) is 10.3 Å². The van der Waals surface area contributed by atoms with E-state index in [1.807, 2.05) is 0 Å². The normalized spacial score (nSPS) is 12.0. The van der Waals surface area contributed by atoms with Crippen LogP contribution in [0.1, 0.15) is 37.9 Å². The van der Waals surface area contributed by atoms with Crippen molar-refractivity contribution in [2.75, 3.05) is 13.7 Å². The first-order chi connectivity index (χ1) is 7.51. The van der Waals surface area contributed by atoms with Gasteiger partial charge in [-0.1, -0.05) is 0 Å². The second-order valence-corrected chi connectivity index (χ2v) is 5.88. The molecule has 0 spiro atoms. The molecular weight excluding hydrogens is 220 g/mol. The highest BCUT2D eigenvalue weighted by Gasteiger charge is 2.09. The van der Waals surface area contributed by atoms with Crippen LogP contribution >= 0.6 is 11.3 Å². The van der Waals surface area contributed by atoms with Crippen molar-refractivity contribution in [1.29, 1.82) is 0 Å². The first-order valence-corrected chi connectivity index (χ1v) is 6.56. The highest BCUT2D eigenvalue weighted by Crippen LogP contribution is 2.12. The van der Waals surface area contributed by atoms with Gasteiger partial charge in [-0.25, -0.2) is 4.98 Å². The quantitative estimate of drug-likeness (QED) is 0.779. The lowest BCUT2D eigenvalue weighted by atomic mass is 10.1. The van der Waals surface area contributed by atoms with E-state index in [9.17, 15) is 0 Å². The second-order valence-electron chi connectivity index (χ2n) is 4.93. The number of nitrogens with zero attached hydrogens (tertiary/aromatic N) is 1. The van der Waals surface area contributed by atoms with Crippen molar-refractivity contribution in [3.63, 3.8) is 0 Å². The number of aryl methyl sites for hydroxylation is 1. The van der Waals surface area contributed by atoms with Crippen LogP contribution in [0.5, 0.6) is 0 Å². The molecule has 0 atom stereocenters. The first kappa shape index (κ1) is 13.6. The number of hydrogen-bond acceptors (Lipinski definition) is 4. The van der Waals surface area contributed by atoms with E-state index in [-0.39, 0.29) is 5.54 Å². The molecule has 0 bridgehead atoms. The van der Waals surface area contributed by atoms with Crippen LogP contribution in [-0.2, 0) is 17.7 Å². The minimum atomic E-state index is 0.153. The Labute approximate surface area is 102 Å². The average molecular weight is 242 g/mol. The van der Waals surface area contributed by atoms with Gasteiger partial charge in [0.2, 0.25) is 0 Å². The Morgan fingerprint density at radius 2 is 2.19 bits per heavy atom. The Hall–Kier alpha value is -0.450. The largest absolute Gasteiger partial charge is 0.385 e. The maximum absolute atomic E-state index is 5.03. The lowest BCUT2D eigenvalue weighted by molar-refractivity contribution is 0.195. The summed E-state index contributed by atoms with van der Waals surface area (Å²) in [4.78, 5) is 4.59. The molecule has 0 aliphatic heterocycles. The molecule has 0 unspecified atom stereocenters. The molecule has 1 heterocycles. The summed E-state index contributed by atoms with van der Waals surface area (Å²) < 4.78 is 5.03. The maximum atomic E-state index is 5.03. The van der Waals surface area contributed by atoms with Crippen LogP contribution in [0.15, 0.2) is 5.38 Å². The number of hydrogen-bond donors (Lipinski definition) is 1. The van der Waals surface area contributed by atoms with E-state index >= 15 is 0 Å². The Bertz CT molecular complexity index is 304. The van der Waals surface area contributed by atoms with E-state index in [0.29, 0.717) is 0 Å². The van der Waals surface area contributed by atoms with Crippen molar-refractivity contribution in [2.24, 2.45) is 0 Å². The van der Waals surface area contributed by atoms with Crippen LogP contribution < -0.4 is 5.32 Å². The summed E-state index contributed by atoms with van der Waals surface area (Å²) in [7, 11) is 1.74. The Balaban J connectivity index is 2.33. The van der Waals surface area contributed by atoms with Gasteiger partial charge in [-0.05, 0) is 27.2 Å². The van der Waals surface area contributed by atoms with Crippen LogP contribution in [-0.4, -0.2) is 24.2 Å². The predicted octanol–water partition coefficient (Wildman–Crippen LogP) is 2.61. The summed E-state index contributed by atoms with van der Waals surface area (Å²) in [5.74, 6) is 0. The molecule has 1 N–H and O–H groups in total. The number of methoxy groups -OCH3 is 1. The fraction of sp³-hybridized carbons (Fsp3) is 0.750. The summed E-state index contributed by atoms with van der Waals surface area (Å²) in [5.41, 5.74) is 1.30. The third kappa shape index (κ3) is 5.58. The third-order valence-corrected chi connectivity index (χ3v) is 3.10. The summed E-state index contributed by atoms with van der Waals surface area (Å²) in [5, 5.41) is 6.79. The number of rotatable bonds is 6. The Morgan fingerprint density at radius 3 is 2.81 bits per heavy atom. The lowest BCUT2D eigenvalue weighted by Gasteiger charge is -2.19. The van der Waals surface area contributed by atoms with Gasteiger partial charge in [0.1, 0.15) is 0 Å². The molecule has 0 radical (unpaired) electrons. The number of aromatic nitrogens is 1. The van der Waals surface area contributed by atoms with E-state index in [1.165, 1.54) is 5.01 Å². The van der Waals surface area contributed by atoms with E-state index in [1.54, 1.807) is 18.4 Å². The zero-order chi connectivity index (χ0) is 12.0. The molecule has 16 heavy (non-hydrogen) atoms. The van der Waals surface area contributed by atoms with Crippen molar-refractivity contribution in [3.05, 3.63) is 16.1 Å². The number of thiazole rings is 1. The Morgan fingerprint density at radius 1 is 1.44 bits per heavy atom. The van der Waals surface area contributed by atoms with Gasteiger partial charge >= 0.3 is 0 Å². The van der Waals surface area contributed by atoms with Gasteiger partial charge in [-0.2, -0.15) is 0 Å². The maximum Gasteiger partial charge on any atom is 0.0929 e. The zero-order valence-electron chi connectivity index (χ0n) is 10.7. The number of nitrogens with one attached hydrogen (secondary N) is 1. The molecule has 3 nitrogen and oxygen atoms in total. The summed E-state index contributed by atoms with van der Waals surface area (Å²) in [6.07, 6.45) is 2.07. The van der Waals surface area contributed by atoms with E-state index in [0.717, 1.165) is 31.7 Å². The first-order valence-electron chi connectivity index (χ1n) is 5.68. The smallest absolute Gasteiger partial charge is 0.0929 e. The predicted molar refractivity (Wildman–Crippen MR) is 68.9 cm³/mol. The van der Waals surface area contributed by atoms with Gasteiger partial charge < -0.3 is 10.1 Å². The van der Waals surface area contributed by atoms with Gasteiger partial charge in [0.25, 0.3) is 0 Å². The standard InChI is InChI=1S/C12H22N2OS/c1-12(2,3)13-8-10-9-16-11(14-10)6-5-7-15-4/h9,13H,5-8H2,1-4H3. The minimum Gasteiger partial charge on any atom is -0.385 e. The fourth-order valence-electron chi connectivity index (χ4n) is 1.27. The number of ether oxygens (including phenoxy) is 1. The van der Waals surface area contributed by atoms with Gasteiger partial charge in [-0.15, -0.1) is 11.3 Å². The van der Waals surface area contributed by atoms with Crippen LogP contribution in [0.3, 0.4) is 0 Å². The molecule has 0 saturated heterocycles. The molecule has 0 aliphatic rings. The second kappa shape index (κ2) is 6.33. The molecule has 0 saturated carbocycles. The zero-order valence-corrected chi connectivity index (χ0v) is 11.5. The lowest BCUT2D eigenvalue weighted by Crippen LogP contribution is -2.35. The minimum absolute atomic E-state index is 0.153. The summed E-state index contributed by atoms with van der Waals surface area (Å²) >= 11 is 1.74. The van der Waals surface area contributed by atoms with Gasteiger partial charge in [-0.3, -0.25) is 0 Å². The van der Waals surface area contributed by atoms with Gasteiger partial charge in [0, 0.05) is 37.6 Å². The van der Waals surface area contributed by atoms with E-state index < -0.39 is 0 Å². The highest BCUT2D eigenvalue weighted by atomic mass is 32.1. The average Bonchev–Trinajstić information content (AvgIpc) is 2.62. The van der Waals surface area contributed by atoms with Crippen molar-refractivity contribution in [2.45, 2.75) is 45.7 Å². The molecule has 0 amide bonds. The van der Waals surface area contributed by atoms with Crippen molar-refractivity contribution < 1.29 is 4.74 Å². The van der Waals surface area contributed by atoms with Crippen LogP contribution in [0, 0.1) is 0 Å².